The molecule has 2 rings (SSSR count). The predicted molar refractivity (Wildman–Crippen MR) is 54.3 cm³/mol. The number of carbonyl (C=O) groups is 1. The summed E-state index contributed by atoms with van der Waals surface area (Å²) in [4.78, 5) is 23.4. The van der Waals surface area contributed by atoms with E-state index < -0.39 is 0 Å². The lowest BCUT2D eigenvalue weighted by Crippen LogP contribution is -2.24. The molecule has 16 heavy (non-hydrogen) atoms. The number of H-pyrrole nitrogens is 1. The number of amides is 1. The van der Waals surface area contributed by atoms with Gasteiger partial charge in [0.25, 0.3) is 5.91 Å². The van der Waals surface area contributed by atoms with E-state index in [2.05, 4.69) is 30.5 Å². The van der Waals surface area contributed by atoms with Gasteiger partial charge in [-0.1, -0.05) is 0 Å². The van der Waals surface area contributed by atoms with Crippen molar-refractivity contribution < 1.29 is 4.79 Å². The van der Waals surface area contributed by atoms with Gasteiger partial charge in [-0.3, -0.25) is 19.9 Å². The lowest BCUT2D eigenvalue weighted by molar-refractivity contribution is 0.0940. The Morgan fingerprint density at radius 1 is 1.38 bits per heavy atom. The maximum absolute atomic E-state index is 11.5. The summed E-state index contributed by atoms with van der Waals surface area (Å²) in [5.74, 6) is -0.139. The van der Waals surface area contributed by atoms with E-state index in [1.54, 1.807) is 12.4 Å². The van der Waals surface area contributed by atoms with Crippen molar-refractivity contribution in [2.45, 2.75) is 13.5 Å². The largest absolute Gasteiger partial charge is 0.344 e. The molecule has 0 aliphatic rings. The van der Waals surface area contributed by atoms with Crippen molar-refractivity contribution in [1.29, 1.82) is 0 Å². The van der Waals surface area contributed by atoms with Gasteiger partial charge in [-0.05, 0) is 6.92 Å². The number of hydrogen-bond acceptors (Lipinski definition) is 5. The molecule has 7 heteroatoms. The Morgan fingerprint density at radius 2 is 2.25 bits per heavy atom. The van der Waals surface area contributed by atoms with Crippen molar-refractivity contribution in [3.8, 4) is 0 Å². The van der Waals surface area contributed by atoms with E-state index in [0.717, 1.165) is 5.69 Å². The number of hydrogen-bond donors (Lipinski definition) is 2. The first kappa shape index (κ1) is 10.2. The molecule has 0 radical (unpaired) electrons. The monoisotopic (exact) mass is 218 g/mol. The van der Waals surface area contributed by atoms with Gasteiger partial charge in [0, 0.05) is 6.20 Å². The number of aromatic nitrogens is 5. The van der Waals surface area contributed by atoms with Gasteiger partial charge < -0.3 is 5.32 Å². The van der Waals surface area contributed by atoms with E-state index in [4.69, 9.17) is 0 Å². The third-order valence-electron chi connectivity index (χ3n) is 1.89. The Bertz CT molecular complexity index is 463. The van der Waals surface area contributed by atoms with Crippen LogP contribution >= 0.6 is 0 Å². The standard InChI is InChI=1S/C9H10N6O/c1-6-2-11-7(3-10-6)4-12-9(16)8-13-5-14-15-8/h2-3,5H,4H2,1H3,(H,12,16)(H,13,14,15). The van der Waals surface area contributed by atoms with Gasteiger partial charge >= 0.3 is 0 Å². The molecule has 0 atom stereocenters. The molecule has 0 saturated heterocycles. The van der Waals surface area contributed by atoms with Crippen LogP contribution in [0.15, 0.2) is 18.7 Å². The highest BCUT2D eigenvalue weighted by Gasteiger charge is 2.07. The van der Waals surface area contributed by atoms with Crippen molar-refractivity contribution >= 4 is 5.91 Å². The fraction of sp³-hybridized carbons (Fsp3) is 0.222. The summed E-state index contributed by atoms with van der Waals surface area (Å²) >= 11 is 0. The van der Waals surface area contributed by atoms with Crippen LogP contribution in [-0.2, 0) is 6.54 Å². The lowest BCUT2D eigenvalue weighted by Gasteiger charge is -2.01. The fourth-order valence-electron chi connectivity index (χ4n) is 1.08. The molecule has 0 aliphatic carbocycles. The Balaban J connectivity index is 1.93. The Labute approximate surface area is 91.4 Å². The van der Waals surface area contributed by atoms with Crippen LogP contribution < -0.4 is 5.32 Å². The smallest absolute Gasteiger partial charge is 0.288 e. The van der Waals surface area contributed by atoms with Crippen LogP contribution in [0, 0.1) is 6.92 Å². The average Bonchev–Trinajstić information content (AvgIpc) is 2.81. The minimum atomic E-state index is -0.320. The third-order valence-corrected chi connectivity index (χ3v) is 1.89. The summed E-state index contributed by atoms with van der Waals surface area (Å²) < 4.78 is 0. The summed E-state index contributed by atoms with van der Waals surface area (Å²) in [5.41, 5.74) is 1.53. The van der Waals surface area contributed by atoms with Gasteiger partial charge in [0.1, 0.15) is 6.33 Å². The van der Waals surface area contributed by atoms with Crippen molar-refractivity contribution in [1.82, 2.24) is 30.5 Å². The Hall–Kier alpha value is -2.31. The topological polar surface area (TPSA) is 96.5 Å². The highest BCUT2D eigenvalue weighted by molar-refractivity contribution is 5.90. The second-order valence-electron chi connectivity index (χ2n) is 3.17. The van der Waals surface area contributed by atoms with E-state index in [0.29, 0.717) is 12.2 Å². The lowest BCUT2D eigenvalue weighted by atomic mass is 10.4. The normalized spacial score (nSPS) is 10.1. The molecule has 0 fully saturated rings. The summed E-state index contributed by atoms with van der Waals surface area (Å²) in [6, 6.07) is 0. The molecule has 2 aromatic heterocycles. The van der Waals surface area contributed by atoms with Gasteiger partial charge in [-0.25, -0.2) is 4.98 Å². The first-order valence-corrected chi connectivity index (χ1v) is 4.67. The molecular formula is C9H10N6O. The quantitative estimate of drug-likeness (QED) is 0.745. The number of carbonyl (C=O) groups excluding carboxylic acids is 1. The fourth-order valence-corrected chi connectivity index (χ4v) is 1.08. The summed E-state index contributed by atoms with van der Waals surface area (Å²) in [7, 11) is 0. The average molecular weight is 218 g/mol. The first-order chi connectivity index (χ1) is 7.75. The molecule has 0 saturated carbocycles. The van der Waals surface area contributed by atoms with Crippen molar-refractivity contribution in [2.75, 3.05) is 0 Å². The van der Waals surface area contributed by atoms with E-state index >= 15 is 0 Å². The van der Waals surface area contributed by atoms with E-state index in [1.165, 1.54) is 6.33 Å². The van der Waals surface area contributed by atoms with Crippen LogP contribution in [0.4, 0.5) is 0 Å². The van der Waals surface area contributed by atoms with Crippen LogP contribution in [0.2, 0.25) is 0 Å². The zero-order valence-corrected chi connectivity index (χ0v) is 8.64. The molecule has 0 bridgehead atoms. The van der Waals surface area contributed by atoms with Crippen LogP contribution in [0.25, 0.3) is 0 Å². The Kier molecular flexibility index (Phi) is 2.86. The van der Waals surface area contributed by atoms with Gasteiger partial charge in [0.2, 0.25) is 5.82 Å². The highest BCUT2D eigenvalue weighted by atomic mass is 16.2. The summed E-state index contributed by atoms with van der Waals surface area (Å²) in [6.45, 7) is 2.16. The van der Waals surface area contributed by atoms with E-state index in [9.17, 15) is 4.79 Å². The minimum absolute atomic E-state index is 0.181. The van der Waals surface area contributed by atoms with Crippen molar-refractivity contribution in [3.63, 3.8) is 0 Å². The van der Waals surface area contributed by atoms with Crippen LogP contribution in [0.5, 0.6) is 0 Å². The van der Waals surface area contributed by atoms with Gasteiger partial charge in [-0.2, -0.15) is 5.10 Å². The van der Waals surface area contributed by atoms with E-state index in [-0.39, 0.29) is 11.7 Å². The van der Waals surface area contributed by atoms with Gasteiger partial charge in [-0.15, -0.1) is 0 Å². The number of nitrogens with zero attached hydrogens (tertiary/aromatic N) is 4. The minimum Gasteiger partial charge on any atom is -0.344 e. The molecular weight excluding hydrogens is 208 g/mol. The second kappa shape index (κ2) is 4.47. The summed E-state index contributed by atoms with van der Waals surface area (Å²) in [5, 5.41) is 8.70. The second-order valence-corrected chi connectivity index (χ2v) is 3.17. The molecule has 0 aromatic carbocycles. The molecule has 0 unspecified atom stereocenters. The number of rotatable bonds is 3. The van der Waals surface area contributed by atoms with Crippen LogP contribution in [0.3, 0.4) is 0 Å². The molecule has 2 aromatic rings. The number of nitrogens with one attached hydrogen (secondary N) is 2. The predicted octanol–water partition coefficient (Wildman–Crippen LogP) is -0.167. The van der Waals surface area contributed by atoms with Gasteiger partial charge in [0.05, 0.1) is 24.1 Å². The first-order valence-electron chi connectivity index (χ1n) is 4.67. The molecule has 2 heterocycles. The molecule has 0 aliphatic heterocycles. The van der Waals surface area contributed by atoms with Crippen molar-refractivity contribution in [2.24, 2.45) is 0 Å². The van der Waals surface area contributed by atoms with Crippen LogP contribution in [0.1, 0.15) is 22.0 Å². The SMILES string of the molecule is Cc1cnc(CNC(=O)c2ncn[nH]2)cn1. The van der Waals surface area contributed by atoms with Crippen LogP contribution in [-0.4, -0.2) is 31.1 Å². The zero-order chi connectivity index (χ0) is 11.4. The maximum Gasteiger partial charge on any atom is 0.288 e. The number of aryl methyl sites for hydroxylation is 1. The third kappa shape index (κ3) is 2.38. The Morgan fingerprint density at radius 3 is 2.88 bits per heavy atom. The maximum atomic E-state index is 11.5. The number of aromatic amines is 1. The highest BCUT2D eigenvalue weighted by Crippen LogP contribution is 1.94. The molecule has 7 nitrogen and oxygen atoms in total. The van der Waals surface area contributed by atoms with Crippen molar-refractivity contribution in [3.05, 3.63) is 35.9 Å². The molecule has 1 amide bonds. The molecule has 82 valence electrons. The van der Waals surface area contributed by atoms with Gasteiger partial charge in [0.15, 0.2) is 0 Å². The molecule has 0 spiro atoms. The molecule has 2 N–H and O–H groups in total. The zero-order valence-electron chi connectivity index (χ0n) is 8.64. The van der Waals surface area contributed by atoms with E-state index in [1.807, 2.05) is 6.92 Å². The summed E-state index contributed by atoms with van der Waals surface area (Å²) in [6.07, 6.45) is 4.55.